The number of allylic oxidation sites excluding steroid dienone is 1. The van der Waals surface area contributed by atoms with Crippen LogP contribution in [0.5, 0.6) is 0 Å². The highest BCUT2D eigenvalue weighted by atomic mass is 19.1. The number of carbonyl (C=O) groups excluding carboxylic acids is 1. The van der Waals surface area contributed by atoms with Crippen LogP contribution in [-0.4, -0.2) is 17.2 Å². The van der Waals surface area contributed by atoms with Crippen LogP contribution < -0.4 is 0 Å². The van der Waals surface area contributed by atoms with Crippen molar-refractivity contribution in [3.63, 3.8) is 0 Å². The number of ketones is 1. The van der Waals surface area contributed by atoms with Gasteiger partial charge >= 0.3 is 0 Å². The number of Topliss-reactive ketones (excluding diaryl/α,β-unsaturated/α-hetero) is 1. The number of oxime groups is 1. The fraction of sp³-hybridized carbons (Fsp3) is 0.231. The fourth-order valence-electron chi connectivity index (χ4n) is 1.41. The van der Waals surface area contributed by atoms with Gasteiger partial charge in [0.1, 0.15) is 5.82 Å². The lowest BCUT2D eigenvalue weighted by Gasteiger charge is -2.04. The van der Waals surface area contributed by atoms with Crippen molar-refractivity contribution in [1.82, 2.24) is 0 Å². The summed E-state index contributed by atoms with van der Waals surface area (Å²) in [5.74, 6) is -0.921. The Labute approximate surface area is 99.3 Å². The van der Waals surface area contributed by atoms with E-state index in [-0.39, 0.29) is 11.6 Å². The van der Waals surface area contributed by atoms with Gasteiger partial charge in [0.05, 0.1) is 12.1 Å². The van der Waals surface area contributed by atoms with E-state index in [1.165, 1.54) is 18.3 Å². The van der Waals surface area contributed by atoms with Crippen LogP contribution in [-0.2, 0) is 4.79 Å². The molecular weight excluding hydrogens is 221 g/mol. The van der Waals surface area contributed by atoms with Gasteiger partial charge in [-0.25, -0.2) is 4.39 Å². The first-order valence-corrected chi connectivity index (χ1v) is 5.20. The van der Waals surface area contributed by atoms with Gasteiger partial charge in [0.15, 0.2) is 5.78 Å². The average molecular weight is 235 g/mol. The Morgan fingerprint density at radius 3 is 2.53 bits per heavy atom. The molecule has 1 aromatic rings. The molecule has 17 heavy (non-hydrogen) atoms. The number of hydrogen-bond acceptors (Lipinski definition) is 3. The second-order valence-corrected chi connectivity index (χ2v) is 3.80. The molecule has 90 valence electrons. The van der Waals surface area contributed by atoms with Crippen molar-refractivity contribution < 1.29 is 14.4 Å². The zero-order valence-electron chi connectivity index (χ0n) is 9.72. The normalized spacial score (nSPS) is 13.9. The van der Waals surface area contributed by atoms with E-state index in [1.54, 1.807) is 32.1 Å². The van der Waals surface area contributed by atoms with Gasteiger partial charge in [-0.3, -0.25) is 4.79 Å². The Bertz CT molecular complexity index is 449. The molecule has 0 bridgehead atoms. The zero-order valence-corrected chi connectivity index (χ0v) is 9.72. The van der Waals surface area contributed by atoms with Gasteiger partial charge < -0.3 is 5.21 Å². The van der Waals surface area contributed by atoms with Crippen molar-refractivity contribution in [3.8, 4) is 0 Å². The van der Waals surface area contributed by atoms with Crippen LogP contribution in [0.3, 0.4) is 0 Å². The van der Waals surface area contributed by atoms with Gasteiger partial charge in [0.25, 0.3) is 0 Å². The second-order valence-electron chi connectivity index (χ2n) is 3.80. The lowest BCUT2D eigenvalue weighted by atomic mass is 10.00. The van der Waals surface area contributed by atoms with E-state index in [0.717, 1.165) is 5.56 Å². The Hall–Kier alpha value is -1.97. The number of nitrogens with zero attached hydrogens (tertiary/aromatic N) is 1. The molecule has 0 aromatic heterocycles. The molecule has 1 aromatic carbocycles. The maximum Gasteiger partial charge on any atom is 0.166 e. The molecule has 0 aliphatic heterocycles. The second kappa shape index (κ2) is 5.94. The molecular formula is C13H14FNO2. The predicted molar refractivity (Wildman–Crippen MR) is 64.5 cm³/mol. The molecule has 1 N–H and O–H groups in total. The molecule has 0 amide bonds. The van der Waals surface area contributed by atoms with Crippen LogP contribution in [0.2, 0.25) is 0 Å². The van der Waals surface area contributed by atoms with Crippen molar-refractivity contribution in [1.29, 1.82) is 0 Å². The van der Waals surface area contributed by atoms with Crippen molar-refractivity contribution >= 4 is 18.1 Å². The summed E-state index contributed by atoms with van der Waals surface area (Å²) in [6.07, 6.45) is 2.84. The first-order valence-electron chi connectivity index (χ1n) is 5.20. The minimum absolute atomic E-state index is 0.132. The number of benzene rings is 1. The number of hydrogen-bond donors (Lipinski definition) is 1. The van der Waals surface area contributed by atoms with Crippen molar-refractivity contribution in [2.24, 2.45) is 11.1 Å². The highest BCUT2D eigenvalue weighted by molar-refractivity contribution is 6.07. The van der Waals surface area contributed by atoms with Crippen molar-refractivity contribution in [2.45, 2.75) is 13.8 Å². The van der Waals surface area contributed by atoms with E-state index in [1.807, 2.05) is 0 Å². The molecule has 1 atom stereocenters. The molecule has 3 nitrogen and oxygen atoms in total. The molecule has 0 fully saturated rings. The smallest absolute Gasteiger partial charge is 0.166 e. The van der Waals surface area contributed by atoms with Gasteiger partial charge in [-0.2, -0.15) is 0 Å². The number of rotatable bonds is 4. The molecule has 0 aliphatic rings. The summed E-state index contributed by atoms with van der Waals surface area (Å²) in [5, 5.41) is 11.2. The first kappa shape index (κ1) is 13.1. The van der Waals surface area contributed by atoms with E-state index in [4.69, 9.17) is 5.21 Å². The highest BCUT2D eigenvalue weighted by Gasteiger charge is 2.12. The van der Waals surface area contributed by atoms with Crippen LogP contribution in [0.15, 0.2) is 35.0 Å². The Morgan fingerprint density at radius 2 is 2.00 bits per heavy atom. The van der Waals surface area contributed by atoms with E-state index < -0.39 is 5.92 Å². The molecule has 4 heteroatoms. The van der Waals surface area contributed by atoms with E-state index in [2.05, 4.69) is 5.16 Å². The number of carbonyl (C=O) groups is 1. The summed E-state index contributed by atoms with van der Waals surface area (Å²) in [4.78, 5) is 11.8. The zero-order chi connectivity index (χ0) is 12.8. The molecule has 0 spiro atoms. The predicted octanol–water partition coefficient (Wildman–Crippen LogP) is 2.89. The van der Waals surface area contributed by atoms with Crippen LogP contribution in [0.1, 0.15) is 19.4 Å². The van der Waals surface area contributed by atoms with Gasteiger partial charge in [0, 0.05) is 0 Å². The molecule has 0 saturated carbocycles. The molecule has 0 radical (unpaired) electrons. The number of halogens is 1. The first-order chi connectivity index (χ1) is 8.04. The Balaban J connectivity index is 2.85. The molecule has 1 rings (SSSR count). The average Bonchev–Trinajstić information content (AvgIpc) is 2.31. The third kappa shape index (κ3) is 3.83. The largest absolute Gasteiger partial charge is 0.411 e. The summed E-state index contributed by atoms with van der Waals surface area (Å²) >= 11 is 0. The molecule has 0 aliphatic carbocycles. The van der Waals surface area contributed by atoms with Crippen LogP contribution in [0.4, 0.5) is 4.39 Å². The van der Waals surface area contributed by atoms with Gasteiger partial charge in [0.2, 0.25) is 0 Å². The lowest BCUT2D eigenvalue weighted by molar-refractivity contribution is -0.116. The standard InChI is InChI=1S/C13H14FNO2/c1-9(13(16)10(2)8-15-17)7-11-3-5-12(14)6-4-11/h3-8,10,17H,1-2H3. The monoisotopic (exact) mass is 235 g/mol. The van der Waals surface area contributed by atoms with E-state index >= 15 is 0 Å². The van der Waals surface area contributed by atoms with Crippen molar-refractivity contribution in [3.05, 3.63) is 41.2 Å². The fourth-order valence-corrected chi connectivity index (χ4v) is 1.41. The molecule has 1 unspecified atom stereocenters. The summed E-state index contributed by atoms with van der Waals surface area (Å²) < 4.78 is 12.7. The Kier molecular flexibility index (Phi) is 4.57. The van der Waals surface area contributed by atoms with Crippen LogP contribution in [0, 0.1) is 11.7 Å². The summed E-state index contributed by atoms with van der Waals surface area (Å²) in [5.41, 5.74) is 1.29. The molecule has 0 saturated heterocycles. The van der Waals surface area contributed by atoms with E-state index in [9.17, 15) is 9.18 Å². The van der Waals surface area contributed by atoms with Crippen molar-refractivity contribution in [2.75, 3.05) is 0 Å². The summed E-state index contributed by atoms with van der Waals surface area (Å²) in [6.45, 7) is 3.32. The minimum Gasteiger partial charge on any atom is -0.411 e. The van der Waals surface area contributed by atoms with Gasteiger partial charge in [-0.1, -0.05) is 12.1 Å². The van der Waals surface area contributed by atoms with Crippen LogP contribution in [0.25, 0.3) is 6.08 Å². The Morgan fingerprint density at radius 1 is 1.41 bits per heavy atom. The third-order valence-electron chi connectivity index (χ3n) is 2.35. The lowest BCUT2D eigenvalue weighted by Crippen LogP contribution is -2.13. The maximum absolute atomic E-state index is 12.7. The SMILES string of the molecule is CC(=Cc1ccc(F)cc1)C(=O)C(C)C=NO. The maximum atomic E-state index is 12.7. The quantitative estimate of drug-likeness (QED) is 0.377. The molecule has 0 heterocycles. The minimum atomic E-state index is -0.475. The van der Waals surface area contributed by atoms with Crippen LogP contribution >= 0.6 is 0 Å². The topological polar surface area (TPSA) is 49.7 Å². The summed E-state index contributed by atoms with van der Waals surface area (Å²) in [7, 11) is 0. The van der Waals surface area contributed by atoms with Gasteiger partial charge in [-0.15, -0.1) is 5.16 Å². The third-order valence-corrected chi connectivity index (χ3v) is 2.35. The van der Waals surface area contributed by atoms with E-state index in [0.29, 0.717) is 5.57 Å². The highest BCUT2D eigenvalue weighted by Crippen LogP contribution is 2.11. The summed E-state index contributed by atoms with van der Waals surface area (Å²) in [6, 6.07) is 5.86. The van der Waals surface area contributed by atoms with Gasteiger partial charge in [-0.05, 0) is 43.2 Å².